The van der Waals surface area contributed by atoms with Crippen LogP contribution >= 0.6 is 0 Å². The lowest BCUT2D eigenvalue weighted by Crippen LogP contribution is -2.55. The fourth-order valence-electron chi connectivity index (χ4n) is 3.76. The van der Waals surface area contributed by atoms with E-state index in [2.05, 4.69) is 21.0 Å². The zero-order valence-electron chi connectivity index (χ0n) is 14.6. The van der Waals surface area contributed by atoms with Crippen LogP contribution < -0.4 is 4.90 Å². The van der Waals surface area contributed by atoms with E-state index in [1.807, 2.05) is 35.1 Å². The van der Waals surface area contributed by atoms with Gasteiger partial charge in [0.1, 0.15) is 6.07 Å². The number of carbonyl (C=O) groups is 1. The van der Waals surface area contributed by atoms with E-state index in [1.54, 1.807) is 12.4 Å². The minimum absolute atomic E-state index is 0.0689. The van der Waals surface area contributed by atoms with Gasteiger partial charge in [-0.05, 0) is 30.9 Å². The van der Waals surface area contributed by atoms with Crippen LogP contribution in [0.1, 0.15) is 30.5 Å². The highest BCUT2D eigenvalue weighted by Gasteiger charge is 2.47. The van der Waals surface area contributed by atoms with Crippen LogP contribution in [0.5, 0.6) is 0 Å². The van der Waals surface area contributed by atoms with Gasteiger partial charge < -0.3 is 9.80 Å². The second-order valence-electron chi connectivity index (χ2n) is 6.90. The Morgan fingerprint density at radius 3 is 2.85 bits per heavy atom. The average molecular weight is 348 g/mol. The Morgan fingerprint density at radius 2 is 2.12 bits per heavy atom. The summed E-state index contributed by atoms with van der Waals surface area (Å²) in [5.74, 6) is 1.20. The van der Waals surface area contributed by atoms with Gasteiger partial charge in [-0.2, -0.15) is 5.26 Å². The molecule has 3 atom stereocenters. The van der Waals surface area contributed by atoms with Gasteiger partial charge in [-0.3, -0.25) is 9.78 Å². The molecule has 0 radical (unpaired) electrons. The Kier molecular flexibility index (Phi) is 4.25. The summed E-state index contributed by atoms with van der Waals surface area (Å²) in [5.41, 5.74) is 1.48. The Bertz CT molecular complexity index is 849. The third kappa shape index (κ3) is 2.99. The summed E-state index contributed by atoms with van der Waals surface area (Å²) in [6.45, 7) is 4.00. The van der Waals surface area contributed by atoms with E-state index in [4.69, 9.17) is 0 Å². The summed E-state index contributed by atoms with van der Waals surface area (Å²) in [7, 11) is 0. The molecule has 26 heavy (non-hydrogen) atoms. The van der Waals surface area contributed by atoms with E-state index in [0.29, 0.717) is 37.1 Å². The Balaban J connectivity index is 1.42. The third-order valence-corrected chi connectivity index (χ3v) is 5.22. The third-order valence-electron chi connectivity index (χ3n) is 5.22. The molecule has 2 aliphatic rings. The normalized spacial score (nSPS) is 24.8. The molecular formula is C19H20N6O. The van der Waals surface area contributed by atoms with Gasteiger partial charge in [0.15, 0.2) is 11.5 Å². The van der Waals surface area contributed by atoms with E-state index < -0.39 is 0 Å². The number of nitrogens with zero attached hydrogens (tertiary/aromatic N) is 6. The van der Waals surface area contributed by atoms with Crippen LogP contribution in [0.4, 0.5) is 5.82 Å². The number of anilines is 1. The molecule has 7 heteroatoms. The maximum absolute atomic E-state index is 12.9. The monoisotopic (exact) mass is 348 g/mol. The van der Waals surface area contributed by atoms with Crippen molar-refractivity contribution in [2.45, 2.75) is 25.3 Å². The predicted molar refractivity (Wildman–Crippen MR) is 95.2 cm³/mol. The molecule has 2 aromatic rings. The highest BCUT2D eigenvalue weighted by Crippen LogP contribution is 2.48. The predicted octanol–water partition coefficient (Wildman–Crippen LogP) is 1.58. The smallest absolute Gasteiger partial charge is 0.226 e. The van der Waals surface area contributed by atoms with Crippen LogP contribution in [0, 0.1) is 17.2 Å². The van der Waals surface area contributed by atoms with Crippen LogP contribution in [0.3, 0.4) is 0 Å². The molecule has 1 aliphatic carbocycles. The SMILES string of the molecule is C[C@H]1CN(c2nccnc2C#N)CCN1C(=O)[C@@H]1C[C@H]1c1cccnc1. The minimum atomic E-state index is 0.0689. The number of amides is 1. The first-order valence-corrected chi connectivity index (χ1v) is 8.85. The van der Waals surface area contributed by atoms with Gasteiger partial charge >= 0.3 is 0 Å². The molecule has 1 saturated carbocycles. The van der Waals surface area contributed by atoms with Gasteiger partial charge in [0, 0.05) is 56.4 Å². The van der Waals surface area contributed by atoms with Gasteiger partial charge in [-0.25, -0.2) is 9.97 Å². The van der Waals surface area contributed by atoms with Crippen molar-refractivity contribution >= 4 is 11.7 Å². The van der Waals surface area contributed by atoms with Gasteiger partial charge in [0.05, 0.1) is 0 Å². The molecule has 1 amide bonds. The maximum Gasteiger partial charge on any atom is 0.226 e. The largest absolute Gasteiger partial charge is 0.350 e. The average Bonchev–Trinajstić information content (AvgIpc) is 3.49. The molecular weight excluding hydrogens is 328 g/mol. The van der Waals surface area contributed by atoms with Crippen molar-refractivity contribution in [3.05, 3.63) is 48.2 Å². The van der Waals surface area contributed by atoms with Crippen molar-refractivity contribution in [3.8, 4) is 6.07 Å². The minimum Gasteiger partial charge on any atom is -0.350 e. The molecule has 2 aromatic heterocycles. The first kappa shape index (κ1) is 16.5. The molecule has 2 fully saturated rings. The lowest BCUT2D eigenvalue weighted by molar-refractivity contribution is -0.135. The van der Waals surface area contributed by atoms with Crippen LogP contribution in [0.15, 0.2) is 36.9 Å². The van der Waals surface area contributed by atoms with Gasteiger partial charge in [0.25, 0.3) is 0 Å². The summed E-state index contributed by atoms with van der Waals surface area (Å²) in [4.78, 5) is 29.5. The lowest BCUT2D eigenvalue weighted by Gasteiger charge is -2.40. The van der Waals surface area contributed by atoms with Crippen LogP contribution in [-0.2, 0) is 4.79 Å². The number of nitriles is 1. The first-order chi connectivity index (χ1) is 12.7. The first-order valence-electron chi connectivity index (χ1n) is 8.85. The topological polar surface area (TPSA) is 86.0 Å². The maximum atomic E-state index is 12.9. The van der Waals surface area contributed by atoms with E-state index >= 15 is 0 Å². The molecule has 1 saturated heterocycles. The number of hydrogen-bond acceptors (Lipinski definition) is 6. The fourth-order valence-corrected chi connectivity index (χ4v) is 3.76. The van der Waals surface area contributed by atoms with Crippen molar-refractivity contribution in [3.63, 3.8) is 0 Å². The lowest BCUT2D eigenvalue weighted by atomic mass is 10.1. The number of piperazine rings is 1. The Labute approximate surface area is 152 Å². The number of pyridine rings is 1. The molecule has 0 spiro atoms. The summed E-state index contributed by atoms with van der Waals surface area (Å²) < 4.78 is 0. The number of carbonyl (C=O) groups excluding carboxylic acids is 1. The van der Waals surface area contributed by atoms with E-state index in [-0.39, 0.29) is 17.9 Å². The Morgan fingerprint density at radius 1 is 1.27 bits per heavy atom. The van der Waals surface area contributed by atoms with E-state index in [9.17, 15) is 10.1 Å². The second-order valence-corrected chi connectivity index (χ2v) is 6.90. The van der Waals surface area contributed by atoms with E-state index in [1.165, 1.54) is 6.20 Å². The van der Waals surface area contributed by atoms with Gasteiger partial charge in [-0.1, -0.05) is 6.07 Å². The summed E-state index contributed by atoms with van der Waals surface area (Å²) in [5, 5.41) is 9.22. The molecule has 132 valence electrons. The molecule has 0 bridgehead atoms. The summed E-state index contributed by atoms with van der Waals surface area (Å²) in [6, 6.07) is 6.13. The summed E-state index contributed by atoms with van der Waals surface area (Å²) >= 11 is 0. The number of hydrogen-bond donors (Lipinski definition) is 0. The standard InChI is InChI=1S/C19H20N6O/c1-13-12-24(18-17(10-20)22-5-6-23-18)7-8-25(13)19(26)16-9-15(16)14-3-2-4-21-11-14/h2-6,11,13,15-16H,7-9,12H2,1H3/t13-,15-,16+/m0/s1. The molecule has 1 aliphatic heterocycles. The highest BCUT2D eigenvalue weighted by molar-refractivity contribution is 5.83. The Hall–Kier alpha value is -3.01. The van der Waals surface area contributed by atoms with Crippen LogP contribution in [-0.4, -0.2) is 51.4 Å². The van der Waals surface area contributed by atoms with Gasteiger partial charge in [0.2, 0.25) is 5.91 Å². The van der Waals surface area contributed by atoms with Crippen molar-refractivity contribution in [2.75, 3.05) is 24.5 Å². The number of rotatable bonds is 3. The second kappa shape index (κ2) is 6.71. The quantitative estimate of drug-likeness (QED) is 0.837. The molecule has 7 nitrogen and oxygen atoms in total. The molecule has 0 aromatic carbocycles. The molecule has 0 N–H and O–H groups in total. The van der Waals surface area contributed by atoms with Gasteiger partial charge in [-0.15, -0.1) is 0 Å². The van der Waals surface area contributed by atoms with Crippen molar-refractivity contribution in [1.29, 1.82) is 5.26 Å². The summed E-state index contributed by atoms with van der Waals surface area (Å²) in [6.07, 6.45) is 7.64. The molecule has 3 heterocycles. The zero-order chi connectivity index (χ0) is 18.1. The van der Waals surface area contributed by atoms with E-state index in [0.717, 1.165) is 12.0 Å². The van der Waals surface area contributed by atoms with Crippen LogP contribution in [0.2, 0.25) is 0 Å². The zero-order valence-corrected chi connectivity index (χ0v) is 14.6. The van der Waals surface area contributed by atoms with Crippen molar-refractivity contribution < 1.29 is 4.79 Å². The van der Waals surface area contributed by atoms with Crippen molar-refractivity contribution in [2.24, 2.45) is 5.92 Å². The van der Waals surface area contributed by atoms with Crippen LogP contribution in [0.25, 0.3) is 0 Å². The fraction of sp³-hybridized carbons (Fsp3) is 0.421. The molecule has 0 unspecified atom stereocenters. The molecule has 4 rings (SSSR count). The number of aromatic nitrogens is 3. The highest BCUT2D eigenvalue weighted by atomic mass is 16.2. The van der Waals surface area contributed by atoms with Crippen molar-refractivity contribution in [1.82, 2.24) is 19.9 Å².